The Morgan fingerprint density at radius 3 is 2.90 bits per heavy atom. The number of fused-ring (bicyclic) bond motifs is 1. The first-order valence-electron chi connectivity index (χ1n) is 8.00. The van der Waals surface area contributed by atoms with Crippen LogP contribution >= 0.6 is 0 Å². The van der Waals surface area contributed by atoms with Gasteiger partial charge >= 0.3 is 0 Å². The second kappa shape index (κ2) is 5.88. The number of nitrogens with zero attached hydrogens (tertiary/aromatic N) is 3. The van der Waals surface area contributed by atoms with Crippen molar-refractivity contribution in [3.05, 3.63) is 30.1 Å². The van der Waals surface area contributed by atoms with Gasteiger partial charge in [-0.2, -0.15) is 0 Å². The topological polar surface area (TPSA) is 38.1 Å². The Labute approximate surface area is 125 Å². The van der Waals surface area contributed by atoms with Crippen LogP contribution in [0.2, 0.25) is 0 Å². The smallest absolute Gasteiger partial charge is 0.222 e. The molecule has 4 heteroatoms. The number of hydrogen-bond donors (Lipinski definition) is 0. The number of aryl methyl sites for hydroxylation is 1. The molecule has 1 aliphatic rings. The summed E-state index contributed by atoms with van der Waals surface area (Å²) in [5.41, 5.74) is 2.22. The van der Waals surface area contributed by atoms with Crippen LogP contribution in [-0.2, 0) is 11.3 Å². The maximum atomic E-state index is 12.2. The van der Waals surface area contributed by atoms with Gasteiger partial charge in [0.1, 0.15) is 5.82 Å². The molecule has 1 unspecified atom stereocenters. The van der Waals surface area contributed by atoms with Gasteiger partial charge in [0.15, 0.2) is 0 Å². The third-order valence-corrected chi connectivity index (χ3v) is 4.30. The first kappa shape index (κ1) is 14.1. The number of imidazole rings is 1. The molecule has 1 aliphatic heterocycles. The number of carbonyl (C=O) groups excluding carboxylic acids is 1. The zero-order valence-corrected chi connectivity index (χ0v) is 12.9. The zero-order valence-electron chi connectivity index (χ0n) is 12.9. The summed E-state index contributed by atoms with van der Waals surface area (Å²) in [4.78, 5) is 19.0. The van der Waals surface area contributed by atoms with E-state index in [4.69, 9.17) is 4.98 Å². The molecule has 1 aromatic heterocycles. The molecule has 0 bridgehead atoms. The molecule has 2 heterocycles. The Balaban J connectivity index is 2.06. The summed E-state index contributed by atoms with van der Waals surface area (Å²) in [5, 5.41) is 0. The van der Waals surface area contributed by atoms with E-state index in [1.54, 1.807) is 0 Å². The normalized spacial score (nSPS) is 18.6. The van der Waals surface area contributed by atoms with Crippen LogP contribution in [0.3, 0.4) is 0 Å². The molecular formula is C17H23N3O. The number of likely N-dealkylation sites (tertiary alicyclic amines) is 1. The zero-order chi connectivity index (χ0) is 14.8. The molecule has 2 aromatic rings. The fraction of sp³-hybridized carbons (Fsp3) is 0.529. The first-order valence-corrected chi connectivity index (χ1v) is 8.00. The van der Waals surface area contributed by atoms with E-state index < -0.39 is 0 Å². The van der Waals surface area contributed by atoms with E-state index in [0.717, 1.165) is 43.7 Å². The van der Waals surface area contributed by atoms with Crippen LogP contribution in [0.25, 0.3) is 11.0 Å². The van der Waals surface area contributed by atoms with Crippen LogP contribution in [0.5, 0.6) is 0 Å². The molecule has 0 aliphatic carbocycles. The molecule has 112 valence electrons. The van der Waals surface area contributed by atoms with Crippen LogP contribution < -0.4 is 0 Å². The van der Waals surface area contributed by atoms with Crippen LogP contribution in [0.1, 0.15) is 51.4 Å². The van der Waals surface area contributed by atoms with Crippen molar-refractivity contribution in [2.24, 2.45) is 0 Å². The van der Waals surface area contributed by atoms with Crippen molar-refractivity contribution in [3.63, 3.8) is 0 Å². The minimum Gasteiger partial charge on any atom is -0.333 e. The largest absolute Gasteiger partial charge is 0.333 e. The fourth-order valence-electron chi connectivity index (χ4n) is 3.34. The SMILES string of the molecule is CCCn1c(C2CCCN2C(=O)CC)nc2ccccc21. The van der Waals surface area contributed by atoms with Gasteiger partial charge in [0.2, 0.25) is 5.91 Å². The van der Waals surface area contributed by atoms with E-state index in [2.05, 4.69) is 29.7 Å². The predicted molar refractivity (Wildman–Crippen MR) is 84.0 cm³/mol. The number of hydrogen-bond acceptors (Lipinski definition) is 2. The van der Waals surface area contributed by atoms with Crippen molar-refractivity contribution in [3.8, 4) is 0 Å². The first-order chi connectivity index (χ1) is 10.3. The molecular weight excluding hydrogens is 262 g/mol. The molecule has 0 saturated carbocycles. The van der Waals surface area contributed by atoms with Crippen molar-refractivity contribution in [1.82, 2.24) is 14.5 Å². The molecule has 0 N–H and O–H groups in total. The van der Waals surface area contributed by atoms with E-state index in [-0.39, 0.29) is 11.9 Å². The molecule has 4 nitrogen and oxygen atoms in total. The second-order valence-electron chi connectivity index (χ2n) is 5.71. The van der Waals surface area contributed by atoms with Crippen molar-refractivity contribution in [2.75, 3.05) is 6.54 Å². The van der Waals surface area contributed by atoms with Crippen LogP contribution in [0.15, 0.2) is 24.3 Å². The summed E-state index contributed by atoms with van der Waals surface area (Å²) in [6, 6.07) is 8.42. The summed E-state index contributed by atoms with van der Waals surface area (Å²) in [7, 11) is 0. The monoisotopic (exact) mass is 285 g/mol. The predicted octanol–water partition coefficient (Wildman–Crippen LogP) is 3.52. The lowest BCUT2D eigenvalue weighted by molar-refractivity contribution is -0.131. The molecule has 0 radical (unpaired) electrons. The summed E-state index contributed by atoms with van der Waals surface area (Å²) in [5.74, 6) is 1.31. The second-order valence-corrected chi connectivity index (χ2v) is 5.71. The highest BCUT2D eigenvalue weighted by Gasteiger charge is 2.32. The van der Waals surface area contributed by atoms with E-state index in [1.165, 1.54) is 5.52 Å². The number of aromatic nitrogens is 2. The van der Waals surface area contributed by atoms with Gasteiger partial charge in [0, 0.05) is 19.5 Å². The average molecular weight is 285 g/mol. The maximum Gasteiger partial charge on any atom is 0.222 e. The van der Waals surface area contributed by atoms with Crippen LogP contribution in [0.4, 0.5) is 0 Å². The van der Waals surface area contributed by atoms with Gasteiger partial charge in [-0.05, 0) is 31.4 Å². The fourth-order valence-corrected chi connectivity index (χ4v) is 3.34. The van der Waals surface area contributed by atoms with Gasteiger partial charge in [-0.25, -0.2) is 4.98 Å². The highest BCUT2D eigenvalue weighted by molar-refractivity contribution is 5.78. The Bertz CT molecular complexity index is 647. The molecule has 1 saturated heterocycles. The van der Waals surface area contributed by atoms with Gasteiger partial charge in [-0.3, -0.25) is 4.79 Å². The highest BCUT2D eigenvalue weighted by Crippen LogP contribution is 2.33. The van der Waals surface area contributed by atoms with Gasteiger partial charge in [-0.1, -0.05) is 26.0 Å². The third-order valence-electron chi connectivity index (χ3n) is 4.30. The van der Waals surface area contributed by atoms with Crippen molar-refractivity contribution in [1.29, 1.82) is 0 Å². The average Bonchev–Trinajstić information content (AvgIpc) is 3.11. The minimum atomic E-state index is 0.149. The maximum absolute atomic E-state index is 12.2. The number of rotatable bonds is 4. The lowest BCUT2D eigenvalue weighted by Gasteiger charge is -2.24. The van der Waals surface area contributed by atoms with Gasteiger partial charge in [0.25, 0.3) is 0 Å². The van der Waals surface area contributed by atoms with E-state index >= 15 is 0 Å². The Hall–Kier alpha value is -1.84. The molecule has 21 heavy (non-hydrogen) atoms. The van der Waals surface area contributed by atoms with Crippen molar-refractivity contribution < 1.29 is 4.79 Å². The number of benzene rings is 1. The quantitative estimate of drug-likeness (QED) is 0.862. The van der Waals surface area contributed by atoms with E-state index in [9.17, 15) is 4.79 Å². The Morgan fingerprint density at radius 1 is 1.33 bits per heavy atom. The number of carbonyl (C=O) groups is 1. The standard InChI is InChI=1S/C17H23N3O/c1-3-11-20-14-9-6-5-8-13(14)18-17(20)15-10-7-12-19(15)16(21)4-2/h5-6,8-9,15H,3-4,7,10-12H2,1-2H3. The lowest BCUT2D eigenvalue weighted by atomic mass is 10.2. The number of amides is 1. The summed E-state index contributed by atoms with van der Waals surface area (Å²) in [6.45, 7) is 5.95. The molecule has 3 rings (SSSR count). The lowest BCUT2D eigenvalue weighted by Crippen LogP contribution is -2.31. The van der Waals surface area contributed by atoms with Gasteiger partial charge < -0.3 is 9.47 Å². The number of para-hydroxylation sites is 2. The van der Waals surface area contributed by atoms with Crippen molar-refractivity contribution in [2.45, 2.75) is 52.1 Å². The van der Waals surface area contributed by atoms with Gasteiger partial charge in [-0.15, -0.1) is 0 Å². The highest BCUT2D eigenvalue weighted by atomic mass is 16.2. The molecule has 1 aromatic carbocycles. The Morgan fingerprint density at radius 2 is 2.14 bits per heavy atom. The summed E-state index contributed by atoms with van der Waals surface area (Å²) in [6.07, 6.45) is 3.75. The van der Waals surface area contributed by atoms with Crippen LogP contribution in [-0.4, -0.2) is 26.9 Å². The third kappa shape index (κ3) is 2.43. The molecule has 1 atom stereocenters. The minimum absolute atomic E-state index is 0.149. The molecule has 0 spiro atoms. The summed E-state index contributed by atoms with van der Waals surface area (Å²) >= 11 is 0. The van der Waals surface area contributed by atoms with E-state index in [1.807, 2.05) is 17.9 Å². The van der Waals surface area contributed by atoms with E-state index in [0.29, 0.717) is 6.42 Å². The van der Waals surface area contributed by atoms with Crippen molar-refractivity contribution >= 4 is 16.9 Å². The van der Waals surface area contributed by atoms with Gasteiger partial charge in [0.05, 0.1) is 17.1 Å². The van der Waals surface area contributed by atoms with Crippen LogP contribution in [0, 0.1) is 0 Å². The molecule has 1 fully saturated rings. The Kier molecular flexibility index (Phi) is 3.95. The molecule has 1 amide bonds. The summed E-state index contributed by atoms with van der Waals surface area (Å²) < 4.78 is 2.31.